The fourth-order valence-electron chi connectivity index (χ4n) is 2.71. The van der Waals surface area contributed by atoms with Gasteiger partial charge < -0.3 is 15.6 Å². The number of rotatable bonds is 4. The maximum atomic E-state index is 13.2. The average molecular weight is 344 g/mol. The van der Waals surface area contributed by atoms with Crippen LogP contribution in [0, 0.1) is 11.3 Å². The molecule has 2 aromatic carbocycles. The van der Waals surface area contributed by atoms with Gasteiger partial charge in [0.25, 0.3) is 0 Å². The van der Waals surface area contributed by atoms with Gasteiger partial charge >= 0.3 is 6.18 Å². The third kappa shape index (κ3) is 3.44. The van der Waals surface area contributed by atoms with Gasteiger partial charge in [-0.25, -0.2) is 0 Å². The molecule has 3 aromatic rings. The zero-order chi connectivity index (χ0) is 18.0. The number of anilines is 2. The second-order valence-corrected chi connectivity index (χ2v) is 5.60. The Morgan fingerprint density at radius 2 is 1.96 bits per heavy atom. The molecule has 0 aliphatic heterocycles. The van der Waals surface area contributed by atoms with E-state index in [1.54, 1.807) is 18.2 Å². The molecule has 0 aliphatic carbocycles. The number of hydrogen-bond donors (Lipinski definition) is 3. The molecule has 0 amide bonds. The van der Waals surface area contributed by atoms with Crippen molar-refractivity contribution in [3.8, 4) is 6.07 Å². The second-order valence-electron chi connectivity index (χ2n) is 5.60. The molecule has 25 heavy (non-hydrogen) atoms. The number of benzene rings is 2. The molecule has 0 radical (unpaired) electrons. The average Bonchev–Trinajstić information content (AvgIpc) is 2.97. The first-order valence-electron chi connectivity index (χ1n) is 7.55. The maximum Gasteiger partial charge on any atom is 0.418 e. The van der Waals surface area contributed by atoms with E-state index >= 15 is 0 Å². The highest BCUT2D eigenvalue weighted by atomic mass is 19.4. The zero-order valence-electron chi connectivity index (χ0n) is 13.3. The van der Waals surface area contributed by atoms with Gasteiger partial charge in [-0.3, -0.25) is 0 Å². The summed E-state index contributed by atoms with van der Waals surface area (Å²) in [6, 6.07) is 10.6. The molecule has 7 heteroatoms. The standard InChI is InChI=1S/C18H15F3N4/c1-23-9-12-10-24-17-7-13(3-4-14(12)17)25-16-5-2-11(8-22)6-15(16)18(19,20)21/h2-7,10,23-25H,9H2,1H3. The van der Waals surface area contributed by atoms with Crippen molar-refractivity contribution in [3.05, 3.63) is 59.3 Å². The predicted molar refractivity (Wildman–Crippen MR) is 90.5 cm³/mol. The van der Waals surface area contributed by atoms with Crippen molar-refractivity contribution in [1.29, 1.82) is 5.26 Å². The lowest BCUT2D eigenvalue weighted by atomic mass is 10.1. The van der Waals surface area contributed by atoms with Crippen LogP contribution in [0.2, 0.25) is 0 Å². The first-order chi connectivity index (χ1) is 11.9. The van der Waals surface area contributed by atoms with Crippen LogP contribution in [0.1, 0.15) is 16.7 Å². The summed E-state index contributed by atoms with van der Waals surface area (Å²) in [7, 11) is 1.85. The minimum absolute atomic E-state index is 0.0330. The van der Waals surface area contributed by atoms with Crippen LogP contribution in [0.4, 0.5) is 24.5 Å². The van der Waals surface area contributed by atoms with Crippen LogP contribution in [0.25, 0.3) is 10.9 Å². The predicted octanol–water partition coefficient (Wildman–Crippen LogP) is 4.52. The molecule has 0 aliphatic rings. The summed E-state index contributed by atoms with van der Waals surface area (Å²) in [5, 5.41) is 15.7. The van der Waals surface area contributed by atoms with E-state index in [0.29, 0.717) is 12.2 Å². The van der Waals surface area contributed by atoms with Crippen molar-refractivity contribution in [2.75, 3.05) is 12.4 Å². The molecule has 0 unspecified atom stereocenters. The number of nitrogens with zero attached hydrogens (tertiary/aromatic N) is 1. The van der Waals surface area contributed by atoms with E-state index in [0.717, 1.165) is 22.5 Å². The Morgan fingerprint density at radius 1 is 1.16 bits per heavy atom. The van der Waals surface area contributed by atoms with Gasteiger partial charge in [0.15, 0.2) is 0 Å². The monoisotopic (exact) mass is 344 g/mol. The highest BCUT2D eigenvalue weighted by Crippen LogP contribution is 2.37. The third-order valence-corrected chi connectivity index (χ3v) is 3.87. The van der Waals surface area contributed by atoms with Gasteiger partial charge in [0, 0.05) is 29.3 Å². The topological polar surface area (TPSA) is 63.6 Å². The van der Waals surface area contributed by atoms with Crippen molar-refractivity contribution < 1.29 is 13.2 Å². The molecule has 3 rings (SSSR count). The molecule has 1 heterocycles. The van der Waals surface area contributed by atoms with Crippen LogP contribution in [-0.4, -0.2) is 12.0 Å². The minimum Gasteiger partial charge on any atom is -0.361 e. The van der Waals surface area contributed by atoms with Crippen LogP contribution in [0.3, 0.4) is 0 Å². The van der Waals surface area contributed by atoms with Gasteiger partial charge in [-0.15, -0.1) is 0 Å². The van der Waals surface area contributed by atoms with Crippen molar-refractivity contribution >= 4 is 22.3 Å². The summed E-state index contributed by atoms with van der Waals surface area (Å²) < 4.78 is 39.7. The molecular formula is C18H15F3N4. The number of H-pyrrole nitrogens is 1. The third-order valence-electron chi connectivity index (χ3n) is 3.87. The minimum atomic E-state index is -4.55. The number of alkyl halides is 3. The lowest BCUT2D eigenvalue weighted by Gasteiger charge is -2.15. The molecule has 1 aromatic heterocycles. The molecule has 0 bridgehead atoms. The Balaban J connectivity index is 1.97. The highest BCUT2D eigenvalue weighted by molar-refractivity contribution is 5.87. The maximum absolute atomic E-state index is 13.2. The molecule has 128 valence electrons. The fraction of sp³-hybridized carbons (Fsp3) is 0.167. The number of nitriles is 1. The Labute approximate surface area is 142 Å². The fourth-order valence-corrected chi connectivity index (χ4v) is 2.71. The van der Waals surface area contributed by atoms with Crippen LogP contribution < -0.4 is 10.6 Å². The number of aromatic nitrogens is 1. The van der Waals surface area contributed by atoms with E-state index < -0.39 is 11.7 Å². The molecule has 0 saturated heterocycles. The number of aromatic amines is 1. The molecule has 0 fully saturated rings. The molecule has 0 atom stereocenters. The van der Waals surface area contributed by atoms with E-state index in [2.05, 4.69) is 15.6 Å². The summed E-state index contributed by atoms with van der Waals surface area (Å²) in [5.41, 5.74) is 1.45. The van der Waals surface area contributed by atoms with E-state index in [1.165, 1.54) is 12.1 Å². The lowest BCUT2D eigenvalue weighted by molar-refractivity contribution is -0.136. The molecular weight excluding hydrogens is 329 g/mol. The van der Waals surface area contributed by atoms with E-state index in [1.807, 2.05) is 19.3 Å². The van der Waals surface area contributed by atoms with E-state index in [4.69, 9.17) is 5.26 Å². The van der Waals surface area contributed by atoms with Gasteiger partial charge in [-0.2, -0.15) is 18.4 Å². The molecule has 3 N–H and O–H groups in total. The number of nitrogens with one attached hydrogen (secondary N) is 3. The number of fused-ring (bicyclic) bond motifs is 1. The van der Waals surface area contributed by atoms with Crippen molar-refractivity contribution in [2.24, 2.45) is 0 Å². The van der Waals surface area contributed by atoms with Crippen molar-refractivity contribution in [2.45, 2.75) is 12.7 Å². The van der Waals surface area contributed by atoms with Crippen LogP contribution in [-0.2, 0) is 12.7 Å². The number of hydrogen-bond acceptors (Lipinski definition) is 3. The number of halogens is 3. The Bertz CT molecular complexity index is 951. The van der Waals surface area contributed by atoms with Crippen molar-refractivity contribution in [3.63, 3.8) is 0 Å². The molecule has 0 saturated carbocycles. The summed E-state index contributed by atoms with van der Waals surface area (Å²) >= 11 is 0. The smallest absolute Gasteiger partial charge is 0.361 e. The first kappa shape index (κ1) is 16.9. The van der Waals surface area contributed by atoms with Gasteiger partial charge in [-0.05, 0) is 42.9 Å². The van der Waals surface area contributed by atoms with Crippen LogP contribution in [0.5, 0.6) is 0 Å². The lowest BCUT2D eigenvalue weighted by Crippen LogP contribution is -2.09. The quantitative estimate of drug-likeness (QED) is 0.652. The summed E-state index contributed by atoms with van der Waals surface area (Å²) in [4.78, 5) is 3.12. The Hall–Kier alpha value is -2.98. The second kappa shape index (κ2) is 6.49. The van der Waals surface area contributed by atoms with Crippen molar-refractivity contribution in [1.82, 2.24) is 10.3 Å². The molecule has 4 nitrogen and oxygen atoms in total. The zero-order valence-corrected chi connectivity index (χ0v) is 13.3. The van der Waals surface area contributed by atoms with Gasteiger partial charge in [-0.1, -0.05) is 6.07 Å². The largest absolute Gasteiger partial charge is 0.418 e. The normalized spacial score (nSPS) is 11.5. The Kier molecular flexibility index (Phi) is 4.38. The van der Waals surface area contributed by atoms with Gasteiger partial charge in [0.05, 0.1) is 22.9 Å². The first-order valence-corrected chi connectivity index (χ1v) is 7.55. The summed E-state index contributed by atoms with van der Waals surface area (Å²) in [6.45, 7) is 0.695. The van der Waals surface area contributed by atoms with Gasteiger partial charge in [0.2, 0.25) is 0 Å². The van der Waals surface area contributed by atoms with Crippen LogP contribution in [0.15, 0.2) is 42.6 Å². The Morgan fingerprint density at radius 3 is 2.64 bits per heavy atom. The van der Waals surface area contributed by atoms with Gasteiger partial charge in [0.1, 0.15) is 0 Å². The molecule has 0 spiro atoms. The highest BCUT2D eigenvalue weighted by Gasteiger charge is 2.34. The van der Waals surface area contributed by atoms with E-state index in [9.17, 15) is 13.2 Å². The van der Waals surface area contributed by atoms with E-state index in [-0.39, 0.29) is 11.3 Å². The summed E-state index contributed by atoms with van der Waals surface area (Å²) in [6.07, 6.45) is -2.68. The SMILES string of the molecule is CNCc1c[nH]c2cc(Nc3ccc(C#N)cc3C(F)(F)F)ccc12. The van der Waals surface area contributed by atoms with Crippen LogP contribution >= 0.6 is 0 Å². The summed E-state index contributed by atoms with van der Waals surface area (Å²) in [5.74, 6) is 0.